The topological polar surface area (TPSA) is 113 Å². The van der Waals surface area contributed by atoms with E-state index < -0.39 is 24.5 Å². The summed E-state index contributed by atoms with van der Waals surface area (Å²) in [6, 6.07) is -0.562. The maximum Gasteiger partial charge on any atom is 0.323 e. The van der Waals surface area contributed by atoms with Gasteiger partial charge < -0.3 is 21.1 Å². The minimum atomic E-state index is -1.18. The molecule has 1 aliphatic rings. The molecule has 0 atom stereocenters. The molecule has 0 aromatic heterocycles. The van der Waals surface area contributed by atoms with E-state index in [-0.39, 0.29) is 6.54 Å². The molecule has 0 unspecified atom stereocenters. The Kier molecular flexibility index (Phi) is 4.10. The zero-order valence-electron chi connectivity index (χ0n) is 8.81. The van der Waals surface area contributed by atoms with Crippen molar-refractivity contribution in [2.45, 2.75) is 12.8 Å². The van der Waals surface area contributed by atoms with Gasteiger partial charge in [0.05, 0.1) is 0 Å². The van der Waals surface area contributed by atoms with Crippen LogP contribution in [-0.2, 0) is 9.59 Å². The molecule has 90 valence electrons. The number of carbonyl (C=O) groups is 3. The molecule has 0 saturated heterocycles. The second kappa shape index (κ2) is 5.34. The summed E-state index contributed by atoms with van der Waals surface area (Å²) in [4.78, 5) is 33.5. The first-order valence-electron chi connectivity index (χ1n) is 5.02. The predicted molar refractivity (Wildman–Crippen MR) is 54.5 cm³/mol. The van der Waals surface area contributed by atoms with Crippen molar-refractivity contribution in [3.05, 3.63) is 0 Å². The first-order chi connectivity index (χ1) is 7.49. The highest BCUT2D eigenvalue weighted by atomic mass is 16.4. The van der Waals surface area contributed by atoms with E-state index in [2.05, 4.69) is 5.32 Å². The lowest BCUT2D eigenvalue weighted by molar-refractivity contribution is -0.137. The van der Waals surface area contributed by atoms with Crippen molar-refractivity contribution in [2.24, 2.45) is 11.7 Å². The van der Waals surface area contributed by atoms with Crippen molar-refractivity contribution < 1.29 is 19.5 Å². The van der Waals surface area contributed by atoms with Gasteiger partial charge in [-0.15, -0.1) is 0 Å². The third kappa shape index (κ3) is 4.63. The van der Waals surface area contributed by atoms with Gasteiger partial charge in [0.1, 0.15) is 13.1 Å². The lowest BCUT2D eigenvalue weighted by Gasteiger charge is -2.19. The van der Waals surface area contributed by atoms with Gasteiger partial charge in [-0.2, -0.15) is 0 Å². The predicted octanol–water partition coefficient (Wildman–Crippen LogP) is -1.02. The molecule has 16 heavy (non-hydrogen) atoms. The van der Waals surface area contributed by atoms with Gasteiger partial charge in [-0.25, -0.2) is 4.79 Å². The number of rotatable bonds is 6. The van der Waals surface area contributed by atoms with Gasteiger partial charge in [0.25, 0.3) is 0 Å². The maximum atomic E-state index is 11.5. The number of nitrogens with one attached hydrogen (secondary N) is 1. The minimum absolute atomic E-state index is 0.386. The lowest BCUT2D eigenvalue weighted by Crippen LogP contribution is -2.47. The van der Waals surface area contributed by atoms with Crippen LogP contribution in [0.1, 0.15) is 12.8 Å². The fourth-order valence-corrected chi connectivity index (χ4v) is 1.22. The van der Waals surface area contributed by atoms with E-state index in [1.165, 1.54) is 0 Å². The summed E-state index contributed by atoms with van der Waals surface area (Å²) in [6.07, 6.45) is 2.16. The van der Waals surface area contributed by atoms with Gasteiger partial charge in [-0.1, -0.05) is 0 Å². The molecule has 3 amide bonds. The monoisotopic (exact) mass is 229 g/mol. The normalized spacial score (nSPS) is 14.2. The van der Waals surface area contributed by atoms with Crippen LogP contribution in [0.2, 0.25) is 0 Å². The lowest BCUT2D eigenvalue weighted by atomic mass is 10.4. The molecular weight excluding hydrogens is 214 g/mol. The fourth-order valence-electron chi connectivity index (χ4n) is 1.22. The van der Waals surface area contributed by atoms with E-state index in [4.69, 9.17) is 10.8 Å². The van der Waals surface area contributed by atoms with Crippen LogP contribution >= 0.6 is 0 Å². The number of amides is 3. The van der Waals surface area contributed by atoms with Gasteiger partial charge in [-0.3, -0.25) is 9.59 Å². The summed E-state index contributed by atoms with van der Waals surface area (Å²) < 4.78 is 0. The smallest absolute Gasteiger partial charge is 0.323 e. The maximum absolute atomic E-state index is 11.5. The van der Waals surface area contributed by atoms with E-state index in [1.807, 2.05) is 0 Å². The number of aliphatic carboxylic acids is 1. The summed E-state index contributed by atoms with van der Waals surface area (Å²) in [5.41, 5.74) is 4.92. The quantitative estimate of drug-likeness (QED) is 0.541. The van der Waals surface area contributed by atoms with Crippen molar-refractivity contribution in [3.8, 4) is 0 Å². The number of urea groups is 1. The highest BCUT2D eigenvalue weighted by Gasteiger charge is 2.24. The van der Waals surface area contributed by atoms with Gasteiger partial charge in [-0.05, 0) is 18.8 Å². The van der Waals surface area contributed by atoms with Gasteiger partial charge >= 0.3 is 12.0 Å². The Morgan fingerprint density at radius 2 is 1.94 bits per heavy atom. The van der Waals surface area contributed by atoms with Crippen LogP contribution in [0.4, 0.5) is 4.79 Å². The molecular formula is C9H15N3O4. The molecule has 7 nitrogen and oxygen atoms in total. The molecule has 1 aliphatic carbocycles. The molecule has 0 aromatic carbocycles. The second-order valence-electron chi connectivity index (χ2n) is 3.85. The van der Waals surface area contributed by atoms with Crippen LogP contribution in [-0.4, -0.2) is 47.5 Å². The second-order valence-corrected chi connectivity index (χ2v) is 3.85. The van der Waals surface area contributed by atoms with Crippen molar-refractivity contribution in [1.82, 2.24) is 10.2 Å². The van der Waals surface area contributed by atoms with Crippen LogP contribution in [0.15, 0.2) is 0 Å². The highest BCUT2D eigenvalue weighted by Crippen LogP contribution is 2.27. The first kappa shape index (κ1) is 12.3. The number of hydrogen-bond acceptors (Lipinski definition) is 3. The molecule has 7 heteroatoms. The number of nitrogens with zero attached hydrogens (tertiary/aromatic N) is 1. The largest absolute Gasteiger partial charge is 0.480 e. The van der Waals surface area contributed by atoms with Crippen LogP contribution < -0.4 is 11.1 Å². The molecule has 0 spiro atoms. The third-order valence-electron chi connectivity index (χ3n) is 2.20. The molecule has 4 N–H and O–H groups in total. The molecule has 1 saturated carbocycles. The number of hydrogen-bond donors (Lipinski definition) is 3. The number of carbonyl (C=O) groups excluding carboxylic acids is 2. The average Bonchev–Trinajstić information content (AvgIpc) is 2.95. The van der Waals surface area contributed by atoms with E-state index >= 15 is 0 Å². The van der Waals surface area contributed by atoms with Gasteiger partial charge in [0, 0.05) is 6.54 Å². The van der Waals surface area contributed by atoms with Crippen molar-refractivity contribution in [3.63, 3.8) is 0 Å². The summed E-state index contributed by atoms with van der Waals surface area (Å²) in [7, 11) is 0. The molecule has 0 heterocycles. The minimum Gasteiger partial charge on any atom is -0.480 e. The van der Waals surface area contributed by atoms with Gasteiger partial charge in [0.2, 0.25) is 5.91 Å². The average molecular weight is 229 g/mol. The third-order valence-corrected chi connectivity index (χ3v) is 2.20. The molecule has 0 aromatic rings. The summed E-state index contributed by atoms with van der Waals surface area (Å²) in [5.74, 6) is -1.42. The van der Waals surface area contributed by atoms with E-state index in [0.717, 1.165) is 17.7 Å². The molecule has 1 rings (SSSR count). The van der Waals surface area contributed by atoms with Crippen molar-refractivity contribution in [1.29, 1.82) is 0 Å². The standard InChI is InChI=1S/C9H15N3O4/c10-7(13)4-12(5-8(14)15)9(16)11-3-6-1-2-6/h6H,1-5H2,(H2,10,13)(H,11,16)(H,14,15). The number of primary amides is 1. The van der Waals surface area contributed by atoms with Crippen molar-refractivity contribution in [2.75, 3.05) is 19.6 Å². The Hall–Kier alpha value is -1.79. The van der Waals surface area contributed by atoms with Crippen LogP contribution in [0.5, 0.6) is 0 Å². The summed E-state index contributed by atoms with van der Waals surface area (Å²) >= 11 is 0. The summed E-state index contributed by atoms with van der Waals surface area (Å²) in [6.45, 7) is -0.393. The molecule has 1 fully saturated rings. The SMILES string of the molecule is NC(=O)CN(CC(=O)O)C(=O)NCC1CC1. The molecule has 0 aliphatic heterocycles. The molecule has 0 bridgehead atoms. The van der Waals surface area contributed by atoms with Crippen molar-refractivity contribution >= 4 is 17.9 Å². The van der Waals surface area contributed by atoms with E-state index in [0.29, 0.717) is 12.5 Å². The Balaban J connectivity index is 2.40. The number of carboxylic acids is 1. The highest BCUT2D eigenvalue weighted by molar-refractivity contribution is 5.85. The van der Waals surface area contributed by atoms with Gasteiger partial charge in [0.15, 0.2) is 0 Å². The summed E-state index contributed by atoms with van der Waals surface area (Å²) in [5, 5.41) is 11.1. The fraction of sp³-hybridized carbons (Fsp3) is 0.667. The zero-order chi connectivity index (χ0) is 12.1. The Morgan fingerprint density at radius 3 is 2.38 bits per heavy atom. The van der Waals surface area contributed by atoms with Crippen LogP contribution in [0, 0.1) is 5.92 Å². The van der Waals surface area contributed by atoms with Crippen LogP contribution in [0.25, 0.3) is 0 Å². The van der Waals surface area contributed by atoms with Crippen LogP contribution in [0.3, 0.4) is 0 Å². The zero-order valence-corrected chi connectivity index (χ0v) is 8.81. The van der Waals surface area contributed by atoms with E-state index in [9.17, 15) is 14.4 Å². The Morgan fingerprint density at radius 1 is 1.31 bits per heavy atom. The Labute approximate surface area is 92.6 Å². The van der Waals surface area contributed by atoms with E-state index in [1.54, 1.807) is 0 Å². The number of nitrogens with two attached hydrogens (primary N) is 1. The molecule has 0 radical (unpaired) electrons. The Bertz CT molecular complexity index is 285. The first-order valence-corrected chi connectivity index (χ1v) is 5.02. The number of carboxylic acid groups (broad SMARTS) is 1.